The molecule has 0 aliphatic rings. The Morgan fingerprint density at radius 3 is 1.50 bits per heavy atom. The van der Waals surface area contributed by atoms with Crippen LogP contribution >= 0.6 is 0 Å². The number of methoxy groups -OCH3 is 2. The van der Waals surface area contributed by atoms with Crippen LogP contribution in [0.3, 0.4) is 0 Å². The van der Waals surface area contributed by atoms with Crippen LogP contribution in [0.1, 0.15) is 11.1 Å². The Kier molecular flexibility index (Phi) is 6.01. The number of aryl methyl sites for hydroxylation is 2. The fourth-order valence-electron chi connectivity index (χ4n) is 4.64. The van der Waals surface area contributed by atoms with Crippen LogP contribution in [0.4, 0.5) is 0 Å². The average molecular weight is 485 g/mol. The van der Waals surface area contributed by atoms with Crippen molar-refractivity contribution in [3.63, 3.8) is 0 Å². The third kappa shape index (κ3) is 3.90. The molecule has 2 heterocycles. The molecule has 182 valence electrons. The highest BCUT2D eigenvalue weighted by atomic mass is 16.5. The molecule has 0 saturated carbocycles. The molecule has 0 aliphatic heterocycles. The second kappa shape index (κ2) is 9.30. The van der Waals surface area contributed by atoms with Gasteiger partial charge in [0.1, 0.15) is 0 Å². The normalized spacial score (nSPS) is 11.4. The molecule has 0 radical (unpaired) electrons. The van der Waals surface area contributed by atoms with Gasteiger partial charge in [-0.3, -0.25) is 28.3 Å². The molecule has 0 fully saturated rings. The van der Waals surface area contributed by atoms with Crippen molar-refractivity contribution in [2.24, 2.45) is 0 Å². The molecule has 8 nitrogen and oxygen atoms in total. The van der Waals surface area contributed by atoms with E-state index in [-0.39, 0.29) is 34.6 Å². The van der Waals surface area contributed by atoms with Gasteiger partial charge in [-0.15, -0.1) is 0 Å². The van der Waals surface area contributed by atoms with Crippen molar-refractivity contribution in [1.82, 2.24) is 9.13 Å². The Balaban J connectivity index is 1.49. The first-order valence-electron chi connectivity index (χ1n) is 11.6. The van der Waals surface area contributed by atoms with E-state index in [1.165, 1.54) is 23.8 Å². The molecule has 0 aliphatic carbocycles. The molecule has 36 heavy (non-hydrogen) atoms. The van der Waals surface area contributed by atoms with Crippen molar-refractivity contribution >= 4 is 21.5 Å². The maximum atomic E-state index is 13.1. The van der Waals surface area contributed by atoms with Gasteiger partial charge < -0.3 is 9.47 Å². The Labute approximate surface area is 205 Å². The van der Waals surface area contributed by atoms with Crippen LogP contribution in [0.5, 0.6) is 11.5 Å². The summed E-state index contributed by atoms with van der Waals surface area (Å²) in [5.74, 6) is 1.14. The highest BCUT2D eigenvalue weighted by Crippen LogP contribution is 2.27. The lowest BCUT2D eigenvalue weighted by molar-refractivity contribution is 0.354. The van der Waals surface area contributed by atoms with E-state index < -0.39 is 22.2 Å². The largest absolute Gasteiger partial charge is 0.493 e. The first-order chi connectivity index (χ1) is 17.4. The highest BCUT2D eigenvalue weighted by Gasteiger charge is 2.19. The summed E-state index contributed by atoms with van der Waals surface area (Å²) in [4.78, 5) is 52.2. The monoisotopic (exact) mass is 484 g/mol. The van der Waals surface area contributed by atoms with Gasteiger partial charge in [0.15, 0.2) is 11.5 Å². The fourth-order valence-corrected chi connectivity index (χ4v) is 4.64. The van der Waals surface area contributed by atoms with E-state index in [0.717, 1.165) is 15.7 Å². The zero-order valence-electron chi connectivity index (χ0n) is 19.9. The molecular weight excluding hydrogens is 460 g/mol. The summed E-state index contributed by atoms with van der Waals surface area (Å²) >= 11 is 0. The van der Waals surface area contributed by atoms with Crippen LogP contribution in [0.25, 0.3) is 21.5 Å². The summed E-state index contributed by atoms with van der Waals surface area (Å²) in [6.45, 7) is 0.373. The summed E-state index contributed by atoms with van der Waals surface area (Å²) in [6.07, 6.45) is 0.935. The van der Waals surface area contributed by atoms with E-state index in [0.29, 0.717) is 24.3 Å². The van der Waals surface area contributed by atoms with Crippen LogP contribution in [0.15, 0.2) is 79.8 Å². The average Bonchev–Trinajstić information content (AvgIpc) is 3.28. The Hall–Kier alpha value is -4.46. The number of hydrogen-bond donors (Lipinski definition) is 0. The molecule has 0 atom stereocenters. The predicted molar refractivity (Wildman–Crippen MR) is 138 cm³/mol. The number of rotatable bonds is 8. The number of nitrogens with zero attached hydrogens (tertiary/aromatic N) is 2. The molecule has 5 aromatic rings. The molecule has 0 unspecified atom stereocenters. The Bertz CT molecular complexity index is 1710. The van der Waals surface area contributed by atoms with Gasteiger partial charge in [0.25, 0.3) is 22.2 Å². The van der Waals surface area contributed by atoms with Crippen molar-refractivity contribution in [3.8, 4) is 11.5 Å². The van der Waals surface area contributed by atoms with Crippen molar-refractivity contribution in [1.29, 1.82) is 0 Å². The van der Waals surface area contributed by atoms with Gasteiger partial charge in [0.2, 0.25) is 0 Å². The van der Waals surface area contributed by atoms with Crippen molar-refractivity contribution in [2.75, 3.05) is 14.2 Å². The second-order valence-corrected chi connectivity index (χ2v) is 8.64. The van der Waals surface area contributed by atoms with E-state index >= 15 is 0 Å². The van der Waals surface area contributed by atoms with Crippen LogP contribution in [-0.4, -0.2) is 23.4 Å². The lowest BCUT2D eigenvalue weighted by Crippen LogP contribution is -2.27. The summed E-state index contributed by atoms with van der Waals surface area (Å²) < 4.78 is 12.9. The SMILES string of the molecule is COc1ccc(CCn2c(=O)c3cc4c(=O)n(CCc5ccccc5)c(=O)c4cc3c2=O)cc1OC. The zero-order chi connectivity index (χ0) is 25.4. The minimum Gasteiger partial charge on any atom is -0.493 e. The molecule has 3 aromatic carbocycles. The van der Waals surface area contributed by atoms with E-state index in [9.17, 15) is 19.2 Å². The number of aromatic nitrogens is 2. The van der Waals surface area contributed by atoms with Crippen molar-refractivity contribution < 1.29 is 9.47 Å². The molecule has 0 N–H and O–H groups in total. The molecule has 2 aromatic heterocycles. The first kappa shape index (κ1) is 23.3. The molecule has 0 amide bonds. The topological polar surface area (TPSA) is 96.6 Å². The molecule has 5 rings (SSSR count). The van der Waals surface area contributed by atoms with E-state index in [4.69, 9.17) is 9.47 Å². The summed E-state index contributed by atoms with van der Waals surface area (Å²) in [6, 6.07) is 17.8. The van der Waals surface area contributed by atoms with Gasteiger partial charge in [-0.05, 0) is 48.2 Å². The van der Waals surface area contributed by atoms with Gasteiger partial charge in [0.05, 0.1) is 35.8 Å². The zero-order valence-corrected chi connectivity index (χ0v) is 19.9. The number of fused-ring (bicyclic) bond motifs is 2. The maximum absolute atomic E-state index is 13.1. The minimum atomic E-state index is -0.471. The van der Waals surface area contributed by atoms with Gasteiger partial charge >= 0.3 is 0 Å². The minimum absolute atomic E-state index is 0.150. The fraction of sp³-hybridized carbons (Fsp3) is 0.214. The maximum Gasteiger partial charge on any atom is 0.261 e. The smallest absolute Gasteiger partial charge is 0.261 e. The molecule has 0 spiro atoms. The number of benzene rings is 3. The summed E-state index contributed by atoms with van der Waals surface area (Å²) in [5.41, 5.74) is 0.0381. The second-order valence-electron chi connectivity index (χ2n) is 8.64. The molecule has 0 bridgehead atoms. The van der Waals surface area contributed by atoms with Crippen molar-refractivity contribution in [2.45, 2.75) is 25.9 Å². The molecule has 8 heteroatoms. The van der Waals surface area contributed by atoms with E-state index in [2.05, 4.69) is 0 Å². The number of hydrogen-bond acceptors (Lipinski definition) is 6. The van der Waals surface area contributed by atoms with Crippen molar-refractivity contribution in [3.05, 3.63) is 113 Å². The van der Waals surface area contributed by atoms with Gasteiger partial charge in [-0.25, -0.2) is 0 Å². The third-order valence-corrected chi connectivity index (χ3v) is 6.60. The lowest BCUT2D eigenvalue weighted by Gasteiger charge is -2.09. The summed E-state index contributed by atoms with van der Waals surface area (Å²) in [7, 11) is 3.09. The predicted octanol–water partition coefficient (Wildman–Crippen LogP) is 2.42. The first-order valence-corrected chi connectivity index (χ1v) is 11.6. The van der Waals surface area contributed by atoms with Crippen LogP contribution < -0.4 is 31.7 Å². The lowest BCUT2D eigenvalue weighted by atomic mass is 10.1. The van der Waals surface area contributed by atoms with Gasteiger partial charge in [-0.1, -0.05) is 36.4 Å². The molecular formula is C28H24N2O6. The van der Waals surface area contributed by atoms with Crippen LogP contribution in [0.2, 0.25) is 0 Å². The highest BCUT2D eigenvalue weighted by molar-refractivity contribution is 5.97. The van der Waals surface area contributed by atoms with Crippen LogP contribution in [-0.2, 0) is 25.9 Å². The van der Waals surface area contributed by atoms with E-state index in [1.807, 2.05) is 36.4 Å². The van der Waals surface area contributed by atoms with Crippen LogP contribution in [0, 0.1) is 0 Å². The summed E-state index contributed by atoms with van der Waals surface area (Å²) in [5, 5.41) is 0.624. The Morgan fingerprint density at radius 1 is 0.556 bits per heavy atom. The quantitative estimate of drug-likeness (QED) is 0.336. The van der Waals surface area contributed by atoms with Gasteiger partial charge in [0, 0.05) is 13.1 Å². The number of ether oxygens (including phenoxy) is 2. The third-order valence-electron chi connectivity index (χ3n) is 6.60. The standard InChI is InChI=1S/C28H24N2O6/c1-35-23-9-8-18(14-24(23)36-2)11-13-30-27(33)21-15-19-20(16-22(21)28(30)34)26(32)29(25(19)31)12-10-17-6-4-3-5-7-17/h3-9,14-16H,10-13H2,1-2H3. The Morgan fingerprint density at radius 2 is 1.03 bits per heavy atom. The van der Waals surface area contributed by atoms with E-state index in [1.54, 1.807) is 19.2 Å². The molecule has 0 saturated heterocycles. The van der Waals surface area contributed by atoms with Gasteiger partial charge in [-0.2, -0.15) is 0 Å².